The number of benzene rings is 3. The maximum absolute atomic E-state index is 11.6. The summed E-state index contributed by atoms with van der Waals surface area (Å²) < 4.78 is 4.80. The number of primary amides is 1. The van der Waals surface area contributed by atoms with Crippen molar-refractivity contribution in [1.82, 2.24) is 0 Å². The molecule has 0 aliphatic rings. The first-order chi connectivity index (χ1) is 13.6. The van der Waals surface area contributed by atoms with E-state index in [1.165, 1.54) is 0 Å². The molecule has 0 saturated heterocycles. The lowest BCUT2D eigenvalue weighted by Gasteiger charge is -2.36. The molecule has 0 saturated carbocycles. The van der Waals surface area contributed by atoms with Gasteiger partial charge in [-0.1, -0.05) is 72.8 Å². The highest BCUT2D eigenvalue weighted by Gasteiger charge is 2.37. The van der Waals surface area contributed by atoms with E-state index in [1.54, 1.807) is 18.9 Å². The summed E-state index contributed by atoms with van der Waals surface area (Å²) in [4.78, 5) is 11.6. The molecule has 1 amide bonds. The van der Waals surface area contributed by atoms with Crippen LogP contribution in [0.4, 0.5) is 0 Å². The van der Waals surface area contributed by atoms with E-state index in [9.17, 15) is 4.79 Å². The first kappa shape index (κ1) is 20.0. The zero-order valence-electron chi connectivity index (χ0n) is 15.7. The lowest BCUT2D eigenvalue weighted by Crippen LogP contribution is -2.40. The summed E-state index contributed by atoms with van der Waals surface area (Å²) in [5.74, 6) is 0.681. The summed E-state index contributed by atoms with van der Waals surface area (Å²) in [5, 5.41) is 0. The van der Waals surface area contributed by atoms with Crippen molar-refractivity contribution in [3.8, 4) is 5.75 Å². The Morgan fingerprint density at radius 2 is 1.36 bits per heavy atom. The van der Waals surface area contributed by atoms with Gasteiger partial charge < -0.3 is 16.2 Å². The van der Waals surface area contributed by atoms with Crippen molar-refractivity contribution < 1.29 is 9.53 Å². The number of ether oxygens (including phenoxy) is 1. The summed E-state index contributed by atoms with van der Waals surface area (Å²) in [6, 6.07) is 27.7. The first-order valence-corrected chi connectivity index (χ1v) is 10.0. The highest BCUT2D eigenvalue weighted by Crippen LogP contribution is 2.48. The number of amides is 1. The number of hydrogen-bond donors (Lipinski definition) is 2. The molecule has 0 fully saturated rings. The largest absolute Gasteiger partial charge is 0.497 e. The number of rotatable bonds is 8. The Hall–Kier alpha value is -2.76. The van der Waals surface area contributed by atoms with Crippen molar-refractivity contribution in [2.45, 2.75) is 10.8 Å². The summed E-state index contributed by atoms with van der Waals surface area (Å²) in [7, 11) is 1.65. The maximum atomic E-state index is 11.6. The Morgan fingerprint density at radius 3 is 1.79 bits per heavy atom. The molecule has 3 rings (SSSR count). The van der Waals surface area contributed by atoms with E-state index in [1.807, 2.05) is 48.5 Å². The molecule has 1 unspecified atom stereocenters. The van der Waals surface area contributed by atoms with E-state index >= 15 is 0 Å². The van der Waals surface area contributed by atoms with Gasteiger partial charge in [0.1, 0.15) is 5.75 Å². The highest BCUT2D eigenvalue weighted by atomic mass is 32.2. The lowest BCUT2D eigenvalue weighted by molar-refractivity contribution is -0.118. The smallest absolute Gasteiger partial charge is 0.235 e. The van der Waals surface area contributed by atoms with E-state index in [-0.39, 0.29) is 0 Å². The monoisotopic (exact) mass is 392 g/mol. The van der Waals surface area contributed by atoms with Gasteiger partial charge in [-0.2, -0.15) is 0 Å². The van der Waals surface area contributed by atoms with Gasteiger partial charge in [-0.05, 0) is 28.8 Å². The molecular formula is C23H24N2O2S. The van der Waals surface area contributed by atoms with Gasteiger partial charge in [0, 0.05) is 5.75 Å². The molecule has 0 spiro atoms. The number of thioether (sulfide) groups is 1. The molecule has 3 aromatic rings. The van der Waals surface area contributed by atoms with E-state index in [0.29, 0.717) is 5.75 Å². The van der Waals surface area contributed by atoms with Gasteiger partial charge >= 0.3 is 0 Å². The first-order valence-electron chi connectivity index (χ1n) is 9.02. The number of carbonyl (C=O) groups excluding carboxylic acids is 1. The van der Waals surface area contributed by atoms with E-state index in [4.69, 9.17) is 16.2 Å². The third-order valence-electron chi connectivity index (χ3n) is 4.70. The topological polar surface area (TPSA) is 78.3 Å². The third-order valence-corrected chi connectivity index (χ3v) is 6.37. The molecule has 0 aromatic heterocycles. The van der Waals surface area contributed by atoms with E-state index in [0.717, 1.165) is 22.4 Å². The quantitative estimate of drug-likeness (QED) is 0.575. The van der Waals surface area contributed by atoms with Crippen molar-refractivity contribution >= 4 is 17.7 Å². The summed E-state index contributed by atoms with van der Waals surface area (Å²) in [5.41, 5.74) is 14.7. The standard InChI is InChI=1S/C23H24N2O2S/c1-27-20-14-12-19(13-15-20)23(17-8-4-2-5-9-17,18-10-6-3-7-11-18)28-16-21(24)22(25)26/h2-15,21H,16,24H2,1H3,(H2,25,26). The number of nitrogens with two attached hydrogens (primary N) is 2. The molecule has 0 aliphatic heterocycles. The van der Waals surface area contributed by atoms with Crippen LogP contribution < -0.4 is 16.2 Å². The van der Waals surface area contributed by atoms with Crippen LogP contribution in [0, 0.1) is 0 Å². The van der Waals surface area contributed by atoms with Gasteiger partial charge in [0.05, 0.1) is 17.9 Å². The van der Waals surface area contributed by atoms with Gasteiger partial charge in [-0.3, -0.25) is 4.79 Å². The normalized spacial score (nSPS) is 12.4. The van der Waals surface area contributed by atoms with Crippen LogP contribution >= 0.6 is 11.8 Å². The fourth-order valence-corrected chi connectivity index (χ4v) is 4.72. The molecule has 0 radical (unpaired) electrons. The van der Waals surface area contributed by atoms with Crippen LogP contribution in [0.3, 0.4) is 0 Å². The van der Waals surface area contributed by atoms with E-state index < -0.39 is 16.7 Å². The third kappa shape index (κ3) is 4.06. The summed E-state index contributed by atoms with van der Waals surface area (Å²) >= 11 is 1.61. The minimum Gasteiger partial charge on any atom is -0.497 e. The second-order valence-electron chi connectivity index (χ2n) is 6.46. The Kier molecular flexibility index (Phi) is 6.39. The van der Waals surface area contributed by atoms with Crippen molar-refractivity contribution in [1.29, 1.82) is 0 Å². The zero-order chi connectivity index (χ0) is 20.0. The fraction of sp³-hybridized carbons (Fsp3) is 0.174. The SMILES string of the molecule is COc1ccc(C(SCC(N)C(N)=O)(c2ccccc2)c2ccccc2)cc1. The van der Waals surface area contributed by atoms with Crippen LogP contribution in [0.2, 0.25) is 0 Å². The highest BCUT2D eigenvalue weighted by molar-refractivity contribution is 8.00. The maximum Gasteiger partial charge on any atom is 0.235 e. The number of hydrogen-bond acceptors (Lipinski definition) is 4. The van der Waals surface area contributed by atoms with E-state index in [2.05, 4.69) is 36.4 Å². The molecule has 0 aliphatic carbocycles. The number of carbonyl (C=O) groups is 1. The van der Waals surface area contributed by atoms with Gasteiger partial charge in [0.15, 0.2) is 0 Å². The fourth-order valence-electron chi connectivity index (χ4n) is 3.22. The number of methoxy groups -OCH3 is 1. The molecule has 5 heteroatoms. The minimum absolute atomic E-state index is 0.394. The summed E-state index contributed by atoms with van der Waals surface area (Å²) in [6.07, 6.45) is 0. The van der Waals surface area contributed by atoms with Gasteiger partial charge in [0.2, 0.25) is 5.91 Å². The molecule has 28 heavy (non-hydrogen) atoms. The Bertz CT molecular complexity index is 859. The molecule has 1 atom stereocenters. The van der Waals surface area contributed by atoms with Crippen LogP contribution in [0.5, 0.6) is 5.75 Å². The van der Waals surface area contributed by atoms with Crippen molar-refractivity contribution in [2.75, 3.05) is 12.9 Å². The molecule has 4 nitrogen and oxygen atoms in total. The Labute approximate surface area is 169 Å². The molecule has 144 valence electrons. The van der Waals surface area contributed by atoms with Gasteiger partial charge in [-0.15, -0.1) is 11.8 Å². The minimum atomic E-state index is -0.727. The Balaban J connectivity index is 2.20. The molecule has 3 aromatic carbocycles. The Morgan fingerprint density at radius 1 is 0.893 bits per heavy atom. The predicted molar refractivity (Wildman–Crippen MR) is 115 cm³/mol. The second kappa shape index (κ2) is 8.95. The van der Waals surface area contributed by atoms with Gasteiger partial charge in [0.25, 0.3) is 0 Å². The average Bonchev–Trinajstić information content (AvgIpc) is 2.76. The zero-order valence-corrected chi connectivity index (χ0v) is 16.6. The average molecular weight is 393 g/mol. The molecular weight excluding hydrogens is 368 g/mol. The van der Waals surface area contributed by atoms with Crippen LogP contribution in [0.1, 0.15) is 16.7 Å². The van der Waals surface area contributed by atoms with Crippen molar-refractivity contribution in [3.05, 3.63) is 102 Å². The van der Waals surface area contributed by atoms with Crippen LogP contribution in [-0.2, 0) is 9.54 Å². The van der Waals surface area contributed by atoms with Crippen molar-refractivity contribution in [3.63, 3.8) is 0 Å². The van der Waals surface area contributed by atoms with Crippen LogP contribution in [0.15, 0.2) is 84.9 Å². The summed E-state index contributed by atoms with van der Waals surface area (Å²) in [6.45, 7) is 0. The molecule has 0 heterocycles. The van der Waals surface area contributed by atoms with Crippen LogP contribution in [-0.4, -0.2) is 24.8 Å². The predicted octanol–water partition coefficient (Wildman–Crippen LogP) is 3.53. The lowest BCUT2D eigenvalue weighted by atomic mass is 9.84. The second-order valence-corrected chi connectivity index (χ2v) is 7.70. The molecule has 0 bridgehead atoms. The van der Waals surface area contributed by atoms with Crippen molar-refractivity contribution in [2.24, 2.45) is 11.5 Å². The van der Waals surface area contributed by atoms with Gasteiger partial charge in [-0.25, -0.2) is 0 Å². The molecule has 4 N–H and O–H groups in total. The van der Waals surface area contributed by atoms with Crippen LogP contribution in [0.25, 0.3) is 0 Å².